The van der Waals surface area contributed by atoms with Crippen molar-refractivity contribution in [1.82, 2.24) is 0 Å². The Morgan fingerprint density at radius 2 is 1.79 bits per heavy atom. The minimum atomic E-state index is -0.640. The summed E-state index contributed by atoms with van der Waals surface area (Å²) in [5.74, 6) is 0. The van der Waals surface area contributed by atoms with Gasteiger partial charge in [-0.15, -0.1) is 0 Å². The molecule has 114 valence electrons. The second-order valence-corrected chi connectivity index (χ2v) is 5.94. The molecule has 1 aliphatic rings. The van der Waals surface area contributed by atoms with E-state index in [1.807, 2.05) is 6.92 Å². The minimum Gasteiger partial charge on any atom is -0.396 e. The predicted octanol–water partition coefficient (Wildman–Crippen LogP) is 0.367. The first-order valence-electron chi connectivity index (χ1n) is 6.53. The average Bonchev–Trinajstić information content (AvgIpc) is 2.43. The van der Waals surface area contributed by atoms with Crippen LogP contribution < -0.4 is 0 Å². The molecule has 0 saturated carbocycles. The summed E-state index contributed by atoms with van der Waals surface area (Å²) in [6.07, 6.45) is -0.406. The molecular weight excluding hydrogens is 252 g/mol. The smallest absolute Gasteiger partial charge is 0.154 e. The highest BCUT2D eigenvalue weighted by atomic mass is 16.7. The van der Waals surface area contributed by atoms with Gasteiger partial charge < -0.3 is 29.2 Å². The molecule has 19 heavy (non-hydrogen) atoms. The summed E-state index contributed by atoms with van der Waals surface area (Å²) in [6, 6.07) is 0. The van der Waals surface area contributed by atoms with Gasteiger partial charge in [0.15, 0.2) is 6.29 Å². The summed E-state index contributed by atoms with van der Waals surface area (Å²) in [5.41, 5.74) is -0.800. The number of hydrogen-bond donors (Lipinski definition) is 2. The van der Waals surface area contributed by atoms with Crippen LogP contribution in [0.1, 0.15) is 20.8 Å². The second-order valence-electron chi connectivity index (χ2n) is 5.94. The van der Waals surface area contributed by atoms with Gasteiger partial charge in [0.2, 0.25) is 0 Å². The van der Waals surface area contributed by atoms with E-state index in [9.17, 15) is 0 Å². The fourth-order valence-electron chi connectivity index (χ4n) is 1.59. The lowest BCUT2D eigenvalue weighted by Gasteiger charge is -2.34. The molecule has 0 aromatic heterocycles. The molecule has 0 aliphatic carbocycles. The van der Waals surface area contributed by atoms with Crippen LogP contribution in [-0.2, 0) is 18.9 Å². The first-order valence-corrected chi connectivity index (χ1v) is 6.53. The summed E-state index contributed by atoms with van der Waals surface area (Å²) in [7, 11) is 0. The van der Waals surface area contributed by atoms with Crippen LogP contribution in [0, 0.1) is 10.8 Å². The van der Waals surface area contributed by atoms with Crippen LogP contribution in [0.25, 0.3) is 0 Å². The molecule has 6 heteroatoms. The third-order valence-corrected chi connectivity index (χ3v) is 3.16. The zero-order valence-corrected chi connectivity index (χ0v) is 12.1. The Labute approximate surface area is 114 Å². The molecular formula is C13H26O6. The monoisotopic (exact) mass is 278 g/mol. The maximum Gasteiger partial charge on any atom is 0.154 e. The predicted molar refractivity (Wildman–Crippen MR) is 68.5 cm³/mol. The van der Waals surface area contributed by atoms with E-state index in [-0.39, 0.29) is 25.2 Å². The van der Waals surface area contributed by atoms with Gasteiger partial charge >= 0.3 is 0 Å². The van der Waals surface area contributed by atoms with E-state index in [0.29, 0.717) is 26.6 Å². The lowest BCUT2D eigenvalue weighted by Crippen LogP contribution is -2.40. The van der Waals surface area contributed by atoms with Crippen molar-refractivity contribution < 1.29 is 29.2 Å². The van der Waals surface area contributed by atoms with Gasteiger partial charge in [0.25, 0.3) is 0 Å². The average molecular weight is 278 g/mol. The molecule has 0 amide bonds. The van der Waals surface area contributed by atoms with Gasteiger partial charge in [-0.25, -0.2) is 0 Å². The van der Waals surface area contributed by atoms with E-state index < -0.39 is 11.7 Å². The Kier molecular flexibility index (Phi) is 6.65. The van der Waals surface area contributed by atoms with Crippen LogP contribution in [-0.4, -0.2) is 62.9 Å². The largest absolute Gasteiger partial charge is 0.396 e. The first-order chi connectivity index (χ1) is 8.93. The highest BCUT2D eigenvalue weighted by Crippen LogP contribution is 2.23. The Hall–Kier alpha value is -0.240. The van der Waals surface area contributed by atoms with Gasteiger partial charge in [0.1, 0.15) is 6.79 Å². The molecule has 1 saturated heterocycles. The van der Waals surface area contributed by atoms with E-state index in [1.165, 1.54) is 0 Å². The van der Waals surface area contributed by atoms with Gasteiger partial charge in [-0.3, -0.25) is 0 Å². The number of hydrogen-bond acceptors (Lipinski definition) is 6. The molecule has 1 aliphatic heterocycles. The fourth-order valence-corrected chi connectivity index (χ4v) is 1.59. The molecule has 1 unspecified atom stereocenters. The Bertz CT molecular complexity index is 248. The molecule has 0 bridgehead atoms. The quantitative estimate of drug-likeness (QED) is 0.625. The summed E-state index contributed by atoms with van der Waals surface area (Å²) < 4.78 is 21.6. The summed E-state index contributed by atoms with van der Waals surface area (Å²) in [4.78, 5) is 0. The van der Waals surface area contributed by atoms with Crippen molar-refractivity contribution in [3.05, 3.63) is 0 Å². The number of ether oxygens (including phenoxy) is 4. The van der Waals surface area contributed by atoms with Gasteiger partial charge in [0.05, 0.1) is 39.6 Å². The van der Waals surface area contributed by atoms with Crippen LogP contribution in [0.2, 0.25) is 0 Å². The van der Waals surface area contributed by atoms with Crippen LogP contribution in [0.4, 0.5) is 0 Å². The van der Waals surface area contributed by atoms with E-state index >= 15 is 0 Å². The summed E-state index contributed by atoms with van der Waals surface area (Å²) in [5, 5.41) is 18.3. The van der Waals surface area contributed by atoms with Crippen molar-refractivity contribution in [3.63, 3.8) is 0 Å². The van der Waals surface area contributed by atoms with E-state index in [2.05, 4.69) is 0 Å². The molecule has 1 atom stereocenters. The van der Waals surface area contributed by atoms with Crippen molar-refractivity contribution in [2.45, 2.75) is 27.1 Å². The number of aliphatic hydroxyl groups is 2. The maximum atomic E-state index is 9.16. The first kappa shape index (κ1) is 16.8. The molecule has 0 aromatic carbocycles. The molecule has 0 aromatic rings. The lowest BCUT2D eigenvalue weighted by atomic mass is 9.94. The molecule has 0 radical (unpaired) electrons. The summed E-state index contributed by atoms with van der Waals surface area (Å²) >= 11 is 0. The third kappa shape index (κ3) is 5.72. The standard InChI is InChI=1S/C13H26O6/c1-11(18-8-12(2,4-14)5-15)19-9-13(3)6-16-10-17-7-13/h11,14-15H,4-10H2,1-3H3. The molecule has 1 rings (SSSR count). The van der Waals surface area contributed by atoms with Crippen LogP contribution >= 0.6 is 0 Å². The van der Waals surface area contributed by atoms with Crippen molar-refractivity contribution >= 4 is 0 Å². The zero-order chi connectivity index (χ0) is 14.4. The normalized spacial score (nSPS) is 21.3. The van der Waals surface area contributed by atoms with E-state index in [4.69, 9.17) is 29.2 Å². The topological polar surface area (TPSA) is 77.4 Å². The molecule has 2 N–H and O–H groups in total. The van der Waals surface area contributed by atoms with Gasteiger partial charge in [-0.1, -0.05) is 13.8 Å². The fraction of sp³-hybridized carbons (Fsp3) is 1.00. The molecule has 1 heterocycles. The van der Waals surface area contributed by atoms with Crippen LogP contribution in [0.3, 0.4) is 0 Å². The molecule has 1 fully saturated rings. The zero-order valence-electron chi connectivity index (χ0n) is 12.1. The Morgan fingerprint density at radius 3 is 2.32 bits per heavy atom. The van der Waals surface area contributed by atoms with Crippen LogP contribution in [0.15, 0.2) is 0 Å². The maximum absolute atomic E-state index is 9.16. The highest BCUT2D eigenvalue weighted by Gasteiger charge is 2.30. The van der Waals surface area contributed by atoms with Crippen molar-refractivity contribution in [1.29, 1.82) is 0 Å². The van der Waals surface area contributed by atoms with Gasteiger partial charge in [0, 0.05) is 10.8 Å². The molecule has 6 nitrogen and oxygen atoms in total. The van der Waals surface area contributed by atoms with Gasteiger partial charge in [-0.05, 0) is 6.92 Å². The van der Waals surface area contributed by atoms with Crippen molar-refractivity contribution in [2.24, 2.45) is 10.8 Å². The Balaban J connectivity index is 2.25. The van der Waals surface area contributed by atoms with Gasteiger partial charge in [-0.2, -0.15) is 0 Å². The van der Waals surface area contributed by atoms with E-state index in [1.54, 1.807) is 13.8 Å². The van der Waals surface area contributed by atoms with Crippen molar-refractivity contribution in [3.8, 4) is 0 Å². The lowest BCUT2D eigenvalue weighted by molar-refractivity contribution is -0.212. The highest BCUT2D eigenvalue weighted by molar-refractivity contribution is 4.75. The second kappa shape index (κ2) is 7.52. The van der Waals surface area contributed by atoms with E-state index in [0.717, 1.165) is 0 Å². The van der Waals surface area contributed by atoms with Crippen molar-refractivity contribution in [2.75, 3.05) is 46.4 Å². The number of aliphatic hydroxyl groups excluding tert-OH is 2. The molecule has 0 spiro atoms. The minimum absolute atomic E-state index is 0.129. The SMILES string of the molecule is CC(OCC(C)(CO)CO)OCC1(C)COCOC1. The Morgan fingerprint density at radius 1 is 1.21 bits per heavy atom. The van der Waals surface area contributed by atoms with Crippen LogP contribution in [0.5, 0.6) is 0 Å². The number of rotatable bonds is 8. The third-order valence-electron chi connectivity index (χ3n) is 3.16. The summed E-state index contributed by atoms with van der Waals surface area (Å²) in [6.45, 7) is 7.58.